The van der Waals surface area contributed by atoms with Gasteiger partial charge in [0.15, 0.2) is 0 Å². The lowest BCUT2D eigenvalue weighted by Gasteiger charge is -2.19. The monoisotopic (exact) mass is 296 g/mol. The lowest BCUT2D eigenvalue weighted by Crippen LogP contribution is -2.17. The molecule has 2 rings (SSSR count). The van der Waals surface area contributed by atoms with Crippen LogP contribution in [0.3, 0.4) is 0 Å². The third kappa shape index (κ3) is 3.95. The highest BCUT2D eigenvalue weighted by molar-refractivity contribution is 5.95. The molecule has 0 bridgehead atoms. The Hall–Kier alpha value is -2.62. The van der Waals surface area contributed by atoms with Gasteiger partial charge in [-0.3, -0.25) is 4.79 Å². The predicted octanol–water partition coefficient (Wildman–Crippen LogP) is 3.45. The van der Waals surface area contributed by atoms with Crippen molar-refractivity contribution in [1.82, 2.24) is 5.43 Å². The zero-order chi connectivity index (χ0) is 16.2. The molecule has 2 aromatic rings. The van der Waals surface area contributed by atoms with Gasteiger partial charge in [0.05, 0.1) is 6.21 Å². The fourth-order valence-electron chi connectivity index (χ4n) is 1.94. The molecule has 1 amide bonds. The average molecular weight is 296 g/mol. The van der Waals surface area contributed by atoms with E-state index in [0.29, 0.717) is 11.1 Å². The molecule has 0 saturated carbocycles. The number of hydrazone groups is 1. The van der Waals surface area contributed by atoms with E-state index in [1.54, 1.807) is 30.3 Å². The van der Waals surface area contributed by atoms with Crippen molar-refractivity contribution in [3.63, 3.8) is 0 Å². The molecule has 0 aliphatic carbocycles. The van der Waals surface area contributed by atoms with Crippen molar-refractivity contribution >= 4 is 12.1 Å². The molecular formula is C18H20N2O2. The molecule has 0 atom stereocenters. The van der Waals surface area contributed by atoms with Crippen LogP contribution in [0.5, 0.6) is 5.75 Å². The zero-order valence-electron chi connectivity index (χ0n) is 13.0. The Morgan fingerprint density at radius 3 is 2.45 bits per heavy atom. The first-order valence-electron chi connectivity index (χ1n) is 7.10. The summed E-state index contributed by atoms with van der Waals surface area (Å²) in [5, 5.41) is 13.8. The third-order valence-corrected chi connectivity index (χ3v) is 3.30. The number of hydrogen-bond acceptors (Lipinski definition) is 3. The highest BCUT2D eigenvalue weighted by Crippen LogP contribution is 2.26. The second kappa shape index (κ2) is 6.43. The molecule has 22 heavy (non-hydrogen) atoms. The molecular weight excluding hydrogens is 276 g/mol. The number of amides is 1. The number of benzene rings is 2. The van der Waals surface area contributed by atoms with Crippen molar-refractivity contribution in [2.75, 3.05) is 0 Å². The van der Waals surface area contributed by atoms with E-state index in [1.165, 1.54) is 6.21 Å². The van der Waals surface area contributed by atoms with Gasteiger partial charge in [-0.2, -0.15) is 5.10 Å². The van der Waals surface area contributed by atoms with Crippen molar-refractivity contribution in [3.05, 3.63) is 65.2 Å². The van der Waals surface area contributed by atoms with Gasteiger partial charge in [0.25, 0.3) is 5.91 Å². The van der Waals surface area contributed by atoms with Crippen LogP contribution in [0.4, 0.5) is 0 Å². The van der Waals surface area contributed by atoms with Crippen LogP contribution in [0.15, 0.2) is 53.6 Å². The van der Waals surface area contributed by atoms with E-state index in [2.05, 4.69) is 31.3 Å². The van der Waals surface area contributed by atoms with Crippen LogP contribution in [0.25, 0.3) is 0 Å². The van der Waals surface area contributed by atoms with Crippen LogP contribution in [0, 0.1) is 0 Å². The molecule has 0 saturated heterocycles. The van der Waals surface area contributed by atoms with Gasteiger partial charge >= 0.3 is 0 Å². The minimum absolute atomic E-state index is 0.0242. The van der Waals surface area contributed by atoms with Gasteiger partial charge < -0.3 is 5.11 Å². The number of nitrogens with one attached hydrogen (secondary N) is 1. The molecule has 2 N–H and O–H groups in total. The molecule has 2 aromatic carbocycles. The van der Waals surface area contributed by atoms with Gasteiger partial charge in [0, 0.05) is 11.1 Å². The van der Waals surface area contributed by atoms with Gasteiger partial charge in [-0.1, -0.05) is 45.0 Å². The molecule has 0 aliphatic rings. The van der Waals surface area contributed by atoms with E-state index in [-0.39, 0.29) is 17.1 Å². The van der Waals surface area contributed by atoms with Gasteiger partial charge in [-0.05, 0) is 35.2 Å². The van der Waals surface area contributed by atoms with E-state index >= 15 is 0 Å². The summed E-state index contributed by atoms with van der Waals surface area (Å²) >= 11 is 0. The lowest BCUT2D eigenvalue weighted by molar-refractivity contribution is 0.0955. The summed E-state index contributed by atoms with van der Waals surface area (Å²) in [6, 6.07) is 14.2. The number of nitrogens with zero attached hydrogens (tertiary/aromatic N) is 1. The number of carbonyl (C=O) groups is 1. The first-order valence-corrected chi connectivity index (χ1v) is 7.10. The molecule has 114 valence electrons. The maximum atomic E-state index is 11.9. The van der Waals surface area contributed by atoms with Gasteiger partial charge in [0.1, 0.15) is 5.75 Å². The molecule has 0 heterocycles. The Kier molecular flexibility index (Phi) is 4.61. The van der Waals surface area contributed by atoms with Crippen molar-refractivity contribution < 1.29 is 9.90 Å². The average Bonchev–Trinajstić information content (AvgIpc) is 2.48. The summed E-state index contributed by atoms with van der Waals surface area (Å²) in [4.78, 5) is 11.9. The normalized spacial score (nSPS) is 11.6. The summed E-state index contributed by atoms with van der Waals surface area (Å²) in [6.45, 7) is 6.28. The van der Waals surface area contributed by atoms with Gasteiger partial charge in [-0.15, -0.1) is 0 Å². The van der Waals surface area contributed by atoms with E-state index < -0.39 is 0 Å². The van der Waals surface area contributed by atoms with Gasteiger partial charge in [-0.25, -0.2) is 5.43 Å². The predicted molar refractivity (Wildman–Crippen MR) is 88.3 cm³/mol. The summed E-state index contributed by atoms with van der Waals surface area (Å²) in [7, 11) is 0. The molecule has 0 radical (unpaired) electrons. The molecule has 4 nitrogen and oxygen atoms in total. The Morgan fingerprint density at radius 1 is 1.14 bits per heavy atom. The standard InChI is InChI=1S/C18H20N2O2/c1-18(2,3)15-9-10-16(21)14(11-15)12-19-20-17(22)13-7-5-4-6-8-13/h4-12,21H,1-3H3,(H,20,22)/b19-12+. The number of phenols is 1. The summed E-state index contributed by atoms with van der Waals surface area (Å²) in [5.74, 6) is -0.158. The minimum atomic E-state index is -0.289. The van der Waals surface area contributed by atoms with E-state index in [9.17, 15) is 9.90 Å². The largest absolute Gasteiger partial charge is 0.507 e. The highest BCUT2D eigenvalue weighted by atomic mass is 16.3. The van der Waals surface area contributed by atoms with Crippen molar-refractivity contribution in [3.8, 4) is 5.75 Å². The first-order chi connectivity index (χ1) is 10.4. The quantitative estimate of drug-likeness (QED) is 0.673. The number of carbonyl (C=O) groups excluding carboxylic acids is 1. The minimum Gasteiger partial charge on any atom is -0.507 e. The number of aromatic hydroxyl groups is 1. The van der Waals surface area contributed by atoms with Crippen molar-refractivity contribution in [2.45, 2.75) is 26.2 Å². The Labute approximate surface area is 130 Å². The lowest BCUT2D eigenvalue weighted by atomic mass is 9.86. The molecule has 0 unspecified atom stereocenters. The topological polar surface area (TPSA) is 61.7 Å². The number of hydrogen-bond donors (Lipinski definition) is 2. The number of rotatable bonds is 3. The summed E-state index contributed by atoms with van der Waals surface area (Å²) < 4.78 is 0. The van der Waals surface area contributed by atoms with Crippen LogP contribution in [0.2, 0.25) is 0 Å². The molecule has 0 fully saturated rings. The Bertz CT molecular complexity index is 686. The fourth-order valence-corrected chi connectivity index (χ4v) is 1.94. The summed E-state index contributed by atoms with van der Waals surface area (Å²) in [5.41, 5.74) is 4.62. The number of phenolic OH excluding ortho intramolecular Hbond substituents is 1. The molecule has 0 aromatic heterocycles. The van der Waals surface area contributed by atoms with Crippen molar-refractivity contribution in [2.24, 2.45) is 5.10 Å². The Morgan fingerprint density at radius 2 is 1.82 bits per heavy atom. The van der Waals surface area contributed by atoms with Crippen LogP contribution in [-0.2, 0) is 5.41 Å². The Balaban J connectivity index is 2.12. The van der Waals surface area contributed by atoms with Crippen molar-refractivity contribution in [1.29, 1.82) is 0 Å². The second-order valence-electron chi connectivity index (χ2n) is 6.09. The molecule has 0 aliphatic heterocycles. The SMILES string of the molecule is CC(C)(C)c1ccc(O)c(/C=N/NC(=O)c2ccccc2)c1. The maximum absolute atomic E-state index is 11.9. The highest BCUT2D eigenvalue weighted by Gasteiger charge is 2.14. The fraction of sp³-hybridized carbons (Fsp3) is 0.222. The van der Waals surface area contributed by atoms with Gasteiger partial charge in [0.2, 0.25) is 0 Å². The van der Waals surface area contributed by atoms with Crippen LogP contribution < -0.4 is 5.43 Å². The first kappa shape index (κ1) is 15.8. The maximum Gasteiger partial charge on any atom is 0.271 e. The third-order valence-electron chi connectivity index (χ3n) is 3.30. The summed E-state index contributed by atoms with van der Waals surface area (Å²) in [6.07, 6.45) is 1.45. The smallest absolute Gasteiger partial charge is 0.271 e. The molecule has 0 spiro atoms. The zero-order valence-corrected chi connectivity index (χ0v) is 13.0. The van der Waals surface area contributed by atoms with E-state index in [0.717, 1.165) is 5.56 Å². The molecule has 4 heteroatoms. The van der Waals surface area contributed by atoms with E-state index in [4.69, 9.17) is 0 Å². The van der Waals surface area contributed by atoms with Crippen LogP contribution >= 0.6 is 0 Å². The van der Waals surface area contributed by atoms with E-state index in [1.807, 2.05) is 18.2 Å². The second-order valence-corrected chi connectivity index (χ2v) is 6.09. The van der Waals surface area contributed by atoms with Crippen LogP contribution in [0.1, 0.15) is 42.3 Å². The van der Waals surface area contributed by atoms with Crippen LogP contribution in [-0.4, -0.2) is 17.2 Å².